The number of piperazine rings is 1. The summed E-state index contributed by atoms with van der Waals surface area (Å²) < 4.78 is 38.8. The molecule has 1 aromatic carbocycles. The Morgan fingerprint density at radius 2 is 1.70 bits per heavy atom. The monoisotopic (exact) mass is 425 g/mol. The van der Waals surface area contributed by atoms with Gasteiger partial charge < -0.3 is 9.80 Å². The highest BCUT2D eigenvalue weighted by atomic mass is 19.4. The number of halogens is 3. The minimum atomic E-state index is -4.41. The van der Waals surface area contributed by atoms with E-state index in [-0.39, 0.29) is 30.7 Å². The number of amides is 3. The molecule has 0 bridgehead atoms. The Kier molecular flexibility index (Phi) is 6.10. The number of rotatable bonds is 5. The first-order chi connectivity index (χ1) is 14.1. The van der Waals surface area contributed by atoms with Crippen LogP contribution in [-0.4, -0.2) is 60.2 Å². The summed E-state index contributed by atoms with van der Waals surface area (Å²) >= 11 is 0. The van der Waals surface area contributed by atoms with Gasteiger partial charge in [-0.3, -0.25) is 19.3 Å². The van der Waals surface area contributed by atoms with Crippen molar-refractivity contribution in [2.24, 2.45) is 5.41 Å². The van der Waals surface area contributed by atoms with Crippen molar-refractivity contribution in [3.05, 3.63) is 29.8 Å². The largest absolute Gasteiger partial charge is 0.416 e. The van der Waals surface area contributed by atoms with Crippen molar-refractivity contribution in [2.75, 3.05) is 37.6 Å². The molecule has 2 heterocycles. The molecule has 3 amide bonds. The van der Waals surface area contributed by atoms with Crippen LogP contribution in [0.2, 0.25) is 0 Å². The predicted octanol–water partition coefficient (Wildman–Crippen LogP) is 2.92. The van der Waals surface area contributed by atoms with Gasteiger partial charge in [-0.15, -0.1) is 0 Å². The quantitative estimate of drug-likeness (QED) is 0.681. The number of hydrogen-bond acceptors (Lipinski definition) is 4. The fourth-order valence-corrected chi connectivity index (χ4v) is 4.15. The SMILES string of the molecule is CCC1(CC)CC(=O)N(CC(=O)N2CCN(c3cccc(C(F)(F)F)c3)CC2)C1=O. The average molecular weight is 425 g/mol. The number of nitrogens with zero attached hydrogens (tertiary/aromatic N) is 3. The van der Waals surface area contributed by atoms with Gasteiger partial charge in [0.2, 0.25) is 17.7 Å². The molecular weight excluding hydrogens is 399 g/mol. The van der Waals surface area contributed by atoms with E-state index in [9.17, 15) is 27.6 Å². The maximum atomic E-state index is 12.9. The van der Waals surface area contributed by atoms with Gasteiger partial charge in [0.1, 0.15) is 6.54 Å². The average Bonchev–Trinajstić information content (AvgIpc) is 2.98. The predicted molar refractivity (Wildman–Crippen MR) is 105 cm³/mol. The van der Waals surface area contributed by atoms with Crippen LogP contribution in [0, 0.1) is 5.41 Å². The fourth-order valence-electron chi connectivity index (χ4n) is 4.15. The molecule has 0 atom stereocenters. The Morgan fingerprint density at radius 1 is 1.07 bits per heavy atom. The molecule has 30 heavy (non-hydrogen) atoms. The normalized spacial score (nSPS) is 19.6. The molecule has 2 saturated heterocycles. The summed E-state index contributed by atoms with van der Waals surface area (Å²) in [6, 6.07) is 5.12. The van der Waals surface area contributed by atoms with Crippen molar-refractivity contribution >= 4 is 23.4 Å². The summed E-state index contributed by atoms with van der Waals surface area (Å²) in [4.78, 5) is 42.1. The molecule has 164 valence electrons. The topological polar surface area (TPSA) is 60.9 Å². The van der Waals surface area contributed by atoms with Crippen LogP contribution in [0.1, 0.15) is 38.7 Å². The molecule has 3 rings (SSSR count). The zero-order valence-corrected chi connectivity index (χ0v) is 17.2. The molecule has 0 aromatic heterocycles. The smallest absolute Gasteiger partial charge is 0.368 e. The maximum Gasteiger partial charge on any atom is 0.416 e. The van der Waals surface area contributed by atoms with Gasteiger partial charge in [0.05, 0.1) is 11.0 Å². The highest BCUT2D eigenvalue weighted by molar-refractivity contribution is 6.08. The summed E-state index contributed by atoms with van der Waals surface area (Å²) in [6.45, 7) is 4.85. The summed E-state index contributed by atoms with van der Waals surface area (Å²) in [6.07, 6.45) is -3.17. The molecule has 6 nitrogen and oxygen atoms in total. The second-order valence-electron chi connectivity index (χ2n) is 7.87. The van der Waals surface area contributed by atoms with E-state index in [2.05, 4.69) is 0 Å². The number of imide groups is 1. The molecule has 0 aliphatic carbocycles. The van der Waals surface area contributed by atoms with Crippen molar-refractivity contribution in [3.63, 3.8) is 0 Å². The van der Waals surface area contributed by atoms with E-state index in [4.69, 9.17) is 0 Å². The Balaban J connectivity index is 1.60. The van der Waals surface area contributed by atoms with Crippen molar-refractivity contribution in [3.8, 4) is 0 Å². The Hall–Kier alpha value is -2.58. The number of hydrogen-bond donors (Lipinski definition) is 0. The van der Waals surface area contributed by atoms with E-state index >= 15 is 0 Å². The zero-order chi connectivity index (χ0) is 22.1. The molecule has 2 aliphatic rings. The van der Waals surface area contributed by atoms with E-state index in [1.807, 2.05) is 13.8 Å². The van der Waals surface area contributed by atoms with Gasteiger partial charge in [-0.1, -0.05) is 19.9 Å². The zero-order valence-electron chi connectivity index (χ0n) is 17.2. The van der Waals surface area contributed by atoms with Crippen LogP contribution < -0.4 is 4.90 Å². The van der Waals surface area contributed by atoms with Crippen LogP contribution >= 0.6 is 0 Å². The molecule has 2 aliphatic heterocycles. The number of alkyl halides is 3. The first kappa shape index (κ1) is 22.1. The summed E-state index contributed by atoms with van der Waals surface area (Å²) in [7, 11) is 0. The van der Waals surface area contributed by atoms with Crippen LogP contribution in [0.3, 0.4) is 0 Å². The number of anilines is 1. The van der Waals surface area contributed by atoms with Gasteiger partial charge in [0.15, 0.2) is 0 Å². The second-order valence-corrected chi connectivity index (χ2v) is 7.87. The fraction of sp³-hybridized carbons (Fsp3) is 0.571. The lowest BCUT2D eigenvalue weighted by Crippen LogP contribution is -2.52. The van der Waals surface area contributed by atoms with E-state index in [1.165, 1.54) is 6.07 Å². The van der Waals surface area contributed by atoms with Gasteiger partial charge in [-0.05, 0) is 31.0 Å². The van der Waals surface area contributed by atoms with Crippen LogP contribution in [0.25, 0.3) is 0 Å². The van der Waals surface area contributed by atoms with Crippen molar-refractivity contribution in [1.82, 2.24) is 9.80 Å². The van der Waals surface area contributed by atoms with E-state index < -0.39 is 17.2 Å². The first-order valence-corrected chi connectivity index (χ1v) is 10.2. The molecule has 0 radical (unpaired) electrons. The maximum absolute atomic E-state index is 12.9. The minimum absolute atomic E-state index is 0.134. The first-order valence-electron chi connectivity index (χ1n) is 10.2. The standard InChI is InChI=1S/C21H26F3N3O3/c1-3-20(4-2)13-17(28)27(19(20)30)14-18(29)26-10-8-25(9-11-26)16-7-5-6-15(12-16)21(22,23)24/h5-7,12H,3-4,8-11,13-14H2,1-2H3. The molecule has 0 N–H and O–H groups in total. The number of benzene rings is 1. The third-order valence-corrected chi connectivity index (χ3v) is 6.31. The Bertz CT molecular complexity index is 828. The van der Waals surface area contributed by atoms with Crippen molar-refractivity contribution < 1.29 is 27.6 Å². The molecule has 2 fully saturated rings. The number of carbonyl (C=O) groups is 3. The van der Waals surface area contributed by atoms with Crippen molar-refractivity contribution in [2.45, 2.75) is 39.3 Å². The lowest BCUT2D eigenvalue weighted by Gasteiger charge is -2.37. The third kappa shape index (κ3) is 4.15. The lowest BCUT2D eigenvalue weighted by molar-refractivity contribution is -0.147. The Labute approximate surface area is 173 Å². The summed E-state index contributed by atoms with van der Waals surface area (Å²) in [5.41, 5.74) is -0.961. The molecule has 0 saturated carbocycles. The minimum Gasteiger partial charge on any atom is -0.368 e. The van der Waals surface area contributed by atoms with Crippen LogP contribution in [0.4, 0.5) is 18.9 Å². The van der Waals surface area contributed by atoms with E-state index in [0.29, 0.717) is 44.7 Å². The number of carbonyl (C=O) groups excluding carboxylic acids is 3. The van der Waals surface area contributed by atoms with Gasteiger partial charge >= 0.3 is 6.18 Å². The van der Waals surface area contributed by atoms with Crippen LogP contribution in [0.15, 0.2) is 24.3 Å². The molecule has 9 heteroatoms. The van der Waals surface area contributed by atoms with E-state index in [0.717, 1.165) is 17.0 Å². The summed E-state index contributed by atoms with van der Waals surface area (Å²) in [5.74, 6) is -0.920. The number of likely N-dealkylation sites (tertiary alicyclic amines) is 1. The van der Waals surface area contributed by atoms with Gasteiger partial charge in [0, 0.05) is 38.3 Å². The molecule has 0 spiro atoms. The van der Waals surface area contributed by atoms with Crippen LogP contribution in [0.5, 0.6) is 0 Å². The van der Waals surface area contributed by atoms with Gasteiger partial charge in [-0.25, -0.2) is 0 Å². The molecular formula is C21H26F3N3O3. The second kappa shape index (κ2) is 8.28. The molecule has 1 aromatic rings. The Morgan fingerprint density at radius 3 is 2.23 bits per heavy atom. The van der Waals surface area contributed by atoms with Crippen LogP contribution in [-0.2, 0) is 20.6 Å². The van der Waals surface area contributed by atoms with Crippen molar-refractivity contribution in [1.29, 1.82) is 0 Å². The highest BCUT2D eigenvalue weighted by Gasteiger charge is 2.49. The highest BCUT2D eigenvalue weighted by Crippen LogP contribution is 2.39. The summed E-state index contributed by atoms with van der Waals surface area (Å²) in [5, 5.41) is 0. The molecule has 0 unspecified atom stereocenters. The van der Waals surface area contributed by atoms with Gasteiger partial charge in [0.25, 0.3) is 0 Å². The van der Waals surface area contributed by atoms with E-state index in [1.54, 1.807) is 15.9 Å². The lowest BCUT2D eigenvalue weighted by atomic mass is 9.81. The third-order valence-electron chi connectivity index (χ3n) is 6.31. The van der Waals surface area contributed by atoms with Gasteiger partial charge in [-0.2, -0.15) is 13.2 Å².